The molecule has 0 radical (unpaired) electrons. The van der Waals surface area contributed by atoms with Gasteiger partial charge in [-0.2, -0.15) is 0 Å². The number of carbonyl (C=O) groups excluding carboxylic acids is 1. The molecule has 2 fully saturated rings. The third-order valence-corrected chi connectivity index (χ3v) is 4.98. The lowest BCUT2D eigenvalue weighted by Crippen LogP contribution is -2.44. The molecule has 3 rings (SSSR count). The number of urea groups is 1. The number of rotatable bonds is 4. The number of nitrogens with one attached hydrogen (secondary N) is 1. The predicted molar refractivity (Wildman–Crippen MR) is 92.2 cm³/mol. The minimum atomic E-state index is 0.0277. The van der Waals surface area contributed by atoms with E-state index in [4.69, 9.17) is 4.74 Å². The van der Waals surface area contributed by atoms with Gasteiger partial charge in [-0.15, -0.1) is 0 Å². The molecular formula is C18H27N3O2. The summed E-state index contributed by atoms with van der Waals surface area (Å²) >= 11 is 0. The van der Waals surface area contributed by atoms with Crippen LogP contribution in [0.15, 0.2) is 18.2 Å². The Hall–Kier alpha value is -1.75. The van der Waals surface area contributed by atoms with E-state index in [9.17, 15) is 4.79 Å². The fourth-order valence-corrected chi connectivity index (χ4v) is 3.65. The number of nitrogens with zero attached hydrogens (tertiary/aromatic N) is 2. The molecule has 1 aromatic rings. The van der Waals surface area contributed by atoms with Gasteiger partial charge < -0.3 is 19.9 Å². The van der Waals surface area contributed by atoms with Gasteiger partial charge in [0.15, 0.2) is 0 Å². The zero-order valence-electron chi connectivity index (χ0n) is 14.2. The molecule has 2 aliphatic rings. The minimum Gasteiger partial charge on any atom is -0.497 e. The lowest BCUT2D eigenvalue weighted by Gasteiger charge is -2.28. The highest BCUT2D eigenvalue weighted by Crippen LogP contribution is 2.24. The van der Waals surface area contributed by atoms with Crippen molar-refractivity contribution >= 4 is 11.7 Å². The molecule has 5 nitrogen and oxygen atoms in total. The van der Waals surface area contributed by atoms with Crippen molar-refractivity contribution in [1.29, 1.82) is 0 Å². The second kappa shape index (κ2) is 7.21. The summed E-state index contributed by atoms with van der Waals surface area (Å²) in [6, 6.07) is 6.12. The lowest BCUT2D eigenvalue weighted by atomic mass is 10.2. The molecule has 0 aliphatic carbocycles. The van der Waals surface area contributed by atoms with Crippen molar-refractivity contribution in [3.63, 3.8) is 0 Å². The molecule has 23 heavy (non-hydrogen) atoms. The van der Waals surface area contributed by atoms with Crippen molar-refractivity contribution in [3.05, 3.63) is 23.8 Å². The fraction of sp³-hybridized carbons (Fsp3) is 0.611. The summed E-state index contributed by atoms with van der Waals surface area (Å²) < 4.78 is 5.22. The maximum absolute atomic E-state index is 12.7. The van der Waals surface area contributed by atoms with Crippen LogP contribution in [0.1, 0.15) is 31.2 Å². The van der Waals surface area contributed by atoms with Gasteiger partial charge in [0.2, 0.25) is 0 Å². The molecule has 126 valence electrons. The maximum Gasteiger partial charge on any atom is 0.322 e. The molecule has 2 saturated heterocycles. The van der Waals surface area contributed by atoms with Gasteiger partial charge in [-0.1, -0.05) is 0 Å². The van der Waals surface area contributed by atoms with Gasteiger partial charge in [0.1, 0.15) is 5.75 Å². The number of benzene rings is 1. The van der Waals surface area contributed by atoms with E-state index in [1.54, 1.807) is 7.11 Å². The number of carbonyl (C=O) groups is 1. The first-order valence-electron chi connectivity index (χ1n) is 8.62. The summed E-state index contributed by atoms with van der Waals surface area (Å²) in [5.41, 5.74) is 1.88. The third kappa shape index (κ3) is 3.78. The van der Waals surface area contributed by atoms with Gasteiger partial charge in [0.05, 0.1) is 7.11 Å². The molecule has 2 amide bonds. The van der Waals surface area contributed by atoms with Gasteiger partial charge in [0, 0.05) is 24.8 Å². The molecule has 1 aromatic carbocycles. The van der Waals surface area contributed by atoms with Crippen LogP contribution in [0.3, 0.4) is 0 Å². The average molecular weight is 317 g/mol. The van der Waals surface area contributed by atoms with Crippen LogP contribution in [0.25, 0.3) is 0 Å². The Bertz CT molecular complexity index is 555. The zero-order valence-corrected chi connectivity index (χ0v) is 14.2. The lowest BCUT2D eigenvalue weighted by molar-refractivity contribution is 0.186. The quantitative estimate of drug-likeness (QED) is 0.928. The molecule has 0 saturated carbocycles. The van der Waals surface area contributed by atoms with E-state index < -0.39 is 0 Å². The van der Waals surface area contributed by atoms with Crippen LogP contribution in [-0.2, 0) is 0 Å². The molecule has 2 aliphatic heterocycles. The predicted octanol–water partition coefficient (Wildman–Crippen LogP) is 3.10. The van der Waals surface area contributed by atoms with E-state index in [1.807, 2.05) is 30.0 Å². The van der Waals surface area contributed by atoms with Gasteiger partial charge in [-0.3, -0.25) is 0 Å². The van der Waals surface area contributed by atoms with Crippen molar-refractivity contribution in [1.82, 2.24) is 9.80 Å². The highest BCUT2D eigenvalue weighted by molar-refractivity contribution is 5.90. The Morgan fingerprint density at radius 1 is 1.26 bits per heavy atom. The number of anilines is 1. The zero-order chi connectivity index (χ0) is 16.2. The summed E-state index contributed by atoms with van der Waals surface area (Å²) in [5.74, 6) is 0.814. The smallest absolute Gasteiger partial charge is 0.322 e. The van der Waals surface area contributed by atoms with Crippen LogP contribution in [0.4, 0.5) is 10.5 Å². The molecule has 0 spiro atoms. The maximum atomic E-state index is 12.7. The highest BCUT2D eigenvalue weighted by Gasteiger charge is 2.31. The fourth-order valence-electron chi connectivity index (χ4n) is 3.65. The van der Waals surface area contributed by atoms with Crippen LogP contribution in [-0.4, -0.2) is 55.2 Å². The Labute approximate surface area is 138 Å². The summed E-state index contributed by atoms with van der Waals surface area (Å²) in [5, 5.41) is 3.07. The van der Waals surface area contributed by atoms with E-state index >= 15 is 0 Å². The van der Waals surface area contributed by atoms with Crippen molar-refractivity contribution in [2.45, 2.75) is 38.6 Å². The van der Waals surface area contributed by atoms with Crippen molar-refractivity contribution in [3.8, 4) is 5.75 Å². The van der Waals surface area contributed by atoms with Crippen molar-refractivity contribution in [2.75, 3.05) is 38.6 Å². The number of methoxy groups -OCH3 is 1. The monoisotopic (exact) mass is 317 g/mol. The second-order valence-corrected chi connectivity index (χ2v) is 6.61. The van der Waals surface area contributed by atoms with Crippen LogP contribution >= 0.6 is 0 Å². The Morgan fingerprint density at radius 2 is 2.04 bits per heavy atom. The van der Waals surface area contributed by atoms with Gasteiger partial charge in [0.25, 0.3) is 0 Å². The van der Waals surface area contributed by atoms with E-state index in [2.05, 4.69) is 10.2 Å². The summed E-state index contributed by atoms with van der Waals surface area (Å²) in [6.07, 6.45) is 4.81. The first-order chi connectivity index (χ1) is 11.2. The molecule has 5 heteroatoms. The Kier molecular flexibility index (Phi) is 5.06. The first-order valence-corrected chi connectivity index (χ1v) is 8.62. The van der Waals surface area contributed by atoms with E-state index in [1.165, 1.54) is 25.9 Å². The normalized spacial score (nSPS) is 21.7. The molecule has 1 unspecified atom stereocenters. The van der Waals surface area contributed by atoms with Crippen LogP contribution in [0, 0.1) is 6.92 Å². The van der Waals surface area contributed by atoms with Crippen LogP contribution < -0.4 is 10.1 Å². The largest absolute Gasteiger partial charge is 0.497 e. The standard InChI is InChI=1S/C18H27N3O2/c1-14-12-16(23-2)7-8-17(14)19-18(22)21-11-5-6-15(21)13-20-9-3-4-10-20/h7-8,12,15H,3-6,9-11,13H2,1-2H3,(H,19,22). The molecule has 1 N–H and O–H groups in total. The summed E-state index contributed by atoms with van der Waals surface area (Å²) in [6.45, 7) is 6.24. The van der Waals surface area contributed by atoms with E-state index in [-0.39, 0.29) is 6.03 Å². The van der Waals surface area contributed by atoms with Crippen LogP contribution in [0.5, 0.6) is 5.75 Å². The molecule has 0 aromatic heterocycles. The van der Waals surface area contributed by atoms with Gasteiger partial charge in [-0.05, 0) is 69.5 Å². The summed E-state index contributed by atoms with van der Waals surface area (Å²) in [4.78, 5) is 17.2. The Balaban J connectivity index is 1.62. The van der Waals surface area contributed by atoms with E-state index in [0.29, 0.717) is 6.04 Å². The SMILES string of the molecule is COc1ccc(NC(=O)N2CCCC2CN2CCCC2)c(C)c1. The molecular weight excluding hydrogens is 290 g/mol. The number of ether oxygens (including phenoxy) is 1. The molecule has 2 heterocycles. The highest BCUT2D eigenvalue weighted by atomic mass is 16.5. The third-order valence-electron chi connectivity index (χ3n) is 4.98. The van der Waals surface area contributed by atoms with Crippen molar-refractivity contribution < 1.29 is 9.53 Å². The number of hydrogen-bond acceptors (Lipinski definition) is 3. The topological polar surface area (TPSA) is 44.8 Å². The van der Waals surface area contributed by atoms with Crippen molar-refractivity contribution in [2.24, 2.45) is 0 Å². The second-order valence-electron chi connectivity index (χ2n) is 6.61. The van der Waals surface area contributed by atoms with Crippen LogP contribution in [0.2, 0.25) is 0 Å². The average Bonchev–Trinajstić information content (AvgIpc) is 3.21. The minimum absolute atomic E-state index is 0.0277. The van der Waals surface area contributed by atoms with Gasteiger partial charge in [-0.25, -0.2) is 4.79 Å². The molecule has 0 bridgehead atoms. The summed E-state index contributed by atoms with van der Waals surface area (Å²) in [7, 11) is 1.65. The van der Waals surface area contributed by atoms with Gasteiger partial charge >= 0.3 is 6.03 Å². The first kappa shape index (κ1) is 16.1. The van der Waals surface area contributed by atoms with E-state index in [0.717, 1.165) is 42.9 Å². The number of amides is 2. The molecule has 1 atom stereocenters. The number of likely N-dealkylation sites (tertiary alicyclic amines) is 2. The Morgan fingerprint density at radius 3 is 2.74 bits per heavy atom. The number of hydrogen-bond donors (Lipinski definition) is 1. The number of aryl methyl sites for hydroxylation is 1.